The van der Waals surface area contributed by atoms with Gasteiger partial charge in [-0.1, -0.05) is 18.9 Å². The van der Waals surface area contributed by atoms with Gasteiger partial charge in [-0.15, -0.1) is 35.3 Å². The van der Waals surface area contributed by atoms with Gasteiger partial charge in [-0.3, -0.25) is 4.99 Å². The Hall–Kier alpha value is -0.340. The van der Waals surface area contributed by atoms with Crippen LogP contribution in [0.5, 0.6) is 0 Å². The van der Waals surface area contributed by atoms with E-state index < -0.39 is 0 Å². The minimum atomic E-state index is 0. The zero-order valence-corrected chi connectivity index (χ0v) is 19.7. The molecular weight excluding hydrogens is 455 g/mol. The number of guanidine groups is 1. The Labute approximate surface area is 181 Å². The summed E-state index contributed by atoms with van der Waals surface area (Å²) in [5.74, 6) is 1.05. The fourth-order valence-corrected chi connectivity index (χ4v) is 4.00. The highest BCUT2D eigenvalue weighted by Crippen LogP contribution is 2.11. The number of rotatable bonds is 10. The second kappa shape index (κ2) is 14.7. The Morgan fingerprint density at radius 3 is 2.73 bits per heavy atom. The summed E-state index contributed by atoms with van der Waals surface area (Å²) in [5.41, 5.74) is 0. The van der Waals surface area contributed by atoms with Gasteiger partial charge in [0.1, 0.15) is 0 Å². The number of nitrogens with zero attached hydrogens (tertiary/aromatic N) is 3. The van der Waals surface area contributed by atoms with Gasteiger partial charge in [-0.05, 0) is 70.1 Å². The number of hydrogen-bond donors (Lipinski definition) is 1. The maximum atomic E-state index is 4.82. The minimum absolute atomic E-state index is 0. The zero-order valence-electron chi connectivity index (χ0n) is 16.6. The molecule has 0 atom stereocenters. The normalized spacial score (nSPS) is 15.5. The molecule has 6 heteroatoms. The van der Waals surface area contributed by atoms with Crippen molar-refractivity contribution in [3.63, 3.8) is 0 Å². The molecule has 4 nitrogen and oxygen atoms in total. The Balaban J connectivity index is 0.00000338. The largest absolute Gasteiger partial charge is 0.357 e. The summed E-state index contributed by atoms with van der Waals surface area (Å²) in [5, 5.41) is 5.58. The predicted molar refractivity (Wildman–Crippen MR) is 126 cm³/mol. The van der Waals surface area contributed by atoms with Crippen LogP contribution in [0.15, 0.2) is 22.5 Å². The van der Waals surface area contributed by atoms with Crippen LogP contribution in [0.3, 0.4) is 0 Å². The highest BCUT2D eigenvalue weighted by atomic mass is 127. The van der Waals surface area contributed by atoms with E-state index >= 15 is 0 Å². The van der Waals surface area contributed by atoms with E-state index in [9.17, 15) is 0 Å². The molecule has 0 aromatic carbocycles. The first-order chi connectivity index (χ1) is 12.3. The maximum Gasteiger partial charge on any atom is 0.193 e. The molecule has 0 aliphatic carbocycles. The fraction of sp³-hybridized carbons (Fsp3) is 0.750. The summed E-state index contributed by atoms with van der Waals surface area (Å²) in [6, 6.07) is 4.34. The number of unbranched alkanes of at least 4 members (excludes halogenated alkanes) is 2. The molecule has 150 valence electrons. The van der Waals surface area contributed by atoms with Crippen LogP contribution in [0.25, 0.3) is 0 Å². The van der Waals surface area contributed by atoms with Crippen LogP contribution in [-0.2, 0) is 6.42 Å². The van der Waals surface area contributed by atoms with Gasteiger partial charge in [-0.25, -0.2) is 0 Å². The lowest BCUT2D eigenvalue weighted by molar-refractivity contribution is 0.224. The number of nitrogens with one attached hydrogen (secondary N) is 1. The van der Waals surface area contributed by atoms with E-state index in [1.54, 1.807) is 0 Å². The first-order valence-electron chi connectivity index (χ1n) is 10.0. The second-order valence-corrected chi connectivity index (χ2v) is 7.98. The Morgan fingerprint density at radius 2 is 2.04 bits per heavy atom. The van der Waals surface area contributed by atoms with Crippen molar-refractivity contribution in [2.45, 2.75) is 51.9 Å². The van der Waals surface area contributed by atoms with Crippen LogP contribution in [0.2, 0.25) is 0 Å². The molecule has 0 unspecified atom stereocenters. The zero-order chi connectivity index (χ0) is 17.7. The van der Waals surface area contributed by atoms with Crippen LogP contribution in [-0.4, -0.2) is 62.1 Å². The molecule has 1 fully saturated rings. The first kappa shape index (κ1) is 23.7. The minimum Gasteiger partial charge on any atom is -0.357 e. The Kier molecular flexibility index (Phi) is 13.4. The van der Waals surface area contributed by atoms with Crippen LogP contribution in [0, 0.1) is 0 Å². The van der Waals surface area contributed by atoms with Crippen molar-refractivity contribution in [2.75, 3.05) is 46.3 Å². The van der Waals surface area contributed by atoms with Gasteiger partial charge in [-0.2, -0.15) is 0 Å². The summed E-state index contributed by atoms with van der Waals surface area (Å²) in [4.78, 5) is 11.2. The molecule has 26 heavy (non-hydrogen) atoms. The van der Waals surface area contributed by atoms with E-state index in [4.69, 9.17) is 4.99 Å². The molecule has 1 aliphatic rings. The molecule has 1 aromatic heterocycles. The van der Waals surface area contributed by atoms with Crippen molar-refractivity contribution in [3.05, 3.63) is 22.4 Å². The molecule has 1 saturated heterocycles. The van der Waals surface area contributed by atoms with E-state index in [0.29, 0.717) is 0 Å². The number of likely N-dealkylation sites (N-methyl/N-ethyl adjacent to an activating group) is 1. The average Bonchev–Trinajstić information content (AvgIpc) is 3.16. The number of aliphatic imine (C=N–C) groups is 1. The molecule has 0 amide bonds. The predicted octanol–water partition coefficient (Wildman–Crippen LogP) is 4.46. The number of likely N-dealkylation sites (tertiary alicyclic amines) is 1. The van der Waals surface area contributed by atoms with E-state index in [0.717, 1.165) is 32.0 Å². The van der Waals surface area contributed by atoms with E-state index in [2.05, 4.69) is 46.6 Å². The standard InChI is InChI=1S/C20H36N4S.HI/c1-3-21-20(23(2)17-12-19-11-10-18-25-19)22-13-6-4-7-14-24-15-8-5-9-16-24;/h10-11,18H,3-9,12-17H2,1-2H3,(H,21,22);1H. The molecule has 0 radical (unpaired) electrons. The summed E-state index contributed by atoms with van der Waals surface area (Å²) in [7, 11) is 2.14. The quantitative estimate of drug-likeness (QED) is 0.227. The Bertz CT molecular complexity index is 472. The van der Waals surface area contributed by atoms with Gasteiger partial charge >= 0.3 is 0 Å². The molecule has 2 heterocycles. The maximum absolute atomic E-state index is 4.82. The summed E-state index contributed by atoms with van der Waals surface area (Å²) in [6.07, 6.45) is 9.12. The van der Waals surface area contributed by atoms with Gasteiger partial charge in [0, 0.05) is 31.6 Å². The van der Waals surface area contributed by atoms with Gasteiger partial charge in [0.2, 0.25) is 0 Å². The third-order valence-corrected chi connectivity index (χ3v) is 5.75. The molecule has 1 N–H and O–H groups in total. The molecule has 0 spiro atoms. The fourth-order valence-electron chi connectivity index (χ4n) is 3.30. The molecule has 0 bridgehead atoms. The van der Waals surface area contributed by atoms with Crippen molar-refractivity contribution < 1.29 is 0 Å². The van der Waals surface area contributed by atoms with Crippen LogP contribution < -0.4 is 5.32 Å². The van der Waals surface area contributed by atoms with E-state index in [1.165, 1.54) is 63.0 Å². The highest BCUT2D eigenvalue weighted by molar-refractivity contribution is 14.0. The summed E-state index contributed by atoms with van der Waals surface area (Å²) in [6.45, 7) is 8.94. The number of halogens is 1. The van der Waals surface area contributed by atoms with Crippen molar-refractivity contribution in [2.24, 2.45) is 4.99 Å². The third-order valence-electron chi connectivity index (χ3n) is 4.81. The lowest BCUT2D eigenvalue weighted by Crippen LogP contribution is -2.40. The SMILES string of the molecule is CCNC(=NCCCCCN1CCCCC1)N(C)CCc1cccs1.I. The van der Waals surface area contributed by atoms with Crippen molar-refractivity contribution in [1.29, 1.82) is 0 Å². The topological polar surface area (TPSA) is 30.9 Å². The molecule has 1 aromatic rings. The smallest absolute Gasteiger partial charge is 0.193 e. The monoisotopic (exact) mass is 492 g/mol. The van der Waals surface area contributed by atoms with Gasteiger partial charge in [0.25, 0.3) is 0 Å². The summed E-state index contributed by atoms with van der Waals surface area (Å²) >= 11 is 1.84. The van der Waals surface area contributed by atoms with E-state index in [-0.39, 0.29) is 24.0 Å². The average molecular weight is 493 g/mol. The van der Waals surface area contributed by atoms with Crippen molar-refractivity contribution in [3.8, 4) is 0 Å². The van der Waals surface area contributed by atoms with Crippen molar-refractivity contribution >= 4 is 41.3 Å². The molecule has 1 aliphatic heterocycles. The number of thiophene rings is 1. The number of piperidine rings is 1. The van der Waals surface area contributed by atoms with E-state index in [1.807, 2.05) is 11.3 Å². The lowest BCUT2D eigenvalue weighted by atomic mass is 10.1. The highest BCUT2D eigenvalue weighted by Gasteiger charge is 2.09. The van der Waals surface area contributed by atoms with Crippen LogP contribution in [0.1, 0.15) is 50.3 Å². The summed E-state index contributed by atoms with van der Waals surface area (Å²) < 4.78 is 0. The van der Waals surface area contributed by atoms with Crippen LogP contribution in [0.4, 0.5) is 0 Å². The van der Waals surface area contributed by atoms with Crippen molar-refractivity contribution in [1.82, 2.24) is 15.1 Å². The second-order valence-electron chi connectivity index (χ2n) is 6.95. The molecule has 2 rings (SSSR count). The first-order valence-corrected chi connectivity index (χ1v) is 10.9. The number of hydrogen-bond acceptors (Lipinski definition) is 3. The van der Waals surface area contributed by atoms with Crippen LogP contribution >= 0.6 is 35.3 Å². The van der Waals surface area contributed by atoms with Gasteiger partial charge in [0.05, 0.1) is 0 Å². The van der Waals surface area contributed by atoms with Gasteiger partial charge in [0.15, 0.2) is 5.96 Å². The molecular formula is C20H37IN4S. The van der Waals surface area contributed by atoms with Gasteiger partial charge < -0.3 is 15.1 Å². The third kappa shape index (κ3) is 9.55. The lowest BCUT2D eigenvalue weighted by Gasteiger charge is -2.26. The Morgan fingerprint density at radius 1 is 1.23 bits per heavy atom. The molecule has 0 saturated carbocycles.